The van der Waals surface area contributed by atoms with Gasteiger partial charge in [0, 0.05) is 25.9 Å². The van der Waals surface area contributed by atoms with Crippen molar-refractivity contribution in [2.75, 3.05) is 45.9 Å². The van der Waals surface area contributed by atoms with E-state index in [4.69, 9.17) is 4.74 Å². The molecule has 2 fully saturated rings. The maximum absolute atomic E-state index is 12.8. The molecule has 1 aromatic carbocycles. The van der Waals surface area contributed by atoms with Crippen molar-refractivity contribution in [3.63, 3.8) is 0 Å². The molecule has 2 saturated heterocycles. The zero-order chi connectivity index (χ0) is 18.7. The zero-order valence-electron chi connectivity index (χ0n) is 15.7. The molecule has 146 valence electrons. The predicted octanol–water partition coefficient (Wildman–Crippen LogP) is 1.18. The number of aryl methyl sites for hydroxylation is 1. The fourth-order valence-corrected chi connectivity index (χ4v) is 4.09. The molecule has 4 rings (SSSR count). The third kappa shape index (κ3) is 4.48. The third-order valence-electron chi connectivity index (χ3n) is 5.44. The number of H-pyrrole nitrogens is 1. The van der Waals surface area contributed by atoms with Crippen LogP contribution in [0.2, 0.25) is 0 Å². The van der Waals surface area contributed by atoms with Crippen molar-refractivity contribution in [3.05, 3.63) is 30.1 Å². The molecular weight excluding hydrogens is 344 g/mol. The molecule has 1 unspecified atom stereocenters. The minimum Gasteiger partial charge on any atom is -0.384 e. The summed E-state index contributed by atoms with van der Waals surface area (Å²) in [4.78, 5) is 24.6. The highest BCUT2D eigenvalue weighted by Gasteiger charge is 2.36. The first kappa shape index (κ1) is 18.4. The Bertz CT molecular complexity index is 753. The fourth-order valence-electron chi connectivity index (χ4n) is 4.09. The SMILES string of the molecule is O=C(CCc1nc2ccccc2[nH]1)N1CCOCC(O)(CN2CCCC2)C1. The van der Waals surface area contributed by atoms with Gasteiger partial charge in [-0.05, 0) is 38.1 Å². The minimum atomic E-state index is -0.990. The van der Waals surface area contributed by atoms with Gasteiger partial charge in [-0.1, -0.05) is 12.1 Å². The van der Waals surface area contributed by atoms with Gasteiger partial charge in [0.15, 0.2) is 0 Å². The Hall–Kier alpha value is -1.96. The number of rotatable bonds is 5. The summed E-state index contributed by atoms with van der Waals surface area (Å²) < 4.78 is 5.61. The molecule has 1 aromatic heterocycles. The van der Waals surface area contributed by atoms with Crippen LogP contribution in [0, 0.1) is 0 Å². The predicted molar refractivity (Wildman–Crippen MR) is 102 cm³/mol. The number of hydrogen-bond donors (Lipinski definition) is 2. The lowest BCUT2D eigenvalue weighted by Crippen LogP contribution is -2.53. The maximum atomic E-state index is 12.8. The summed E-state index contributed by atoms with van der Waals surface area (Å²) in [5.74, 6) is 0.865. The minimum absolute atomic E-state index is 0.0424. The normalized spacial score (nSPS) is 24.4. The topological polar surface area (TPSA) is 81.7 Å². The molecule has 0 spiro atoms. The van der Waals surface area contributed by atoms with Crippen molar-refractivity contribution < 1.29 is 14.6 Å². The molecule has 0 bridgehead atoms. The largest absolute Gasteiger partial charge is 0.384 e. The lowest BCUT2D eigenvalue weighted by Gasteiger charge is -2.34. The lowest BCUT2D eigenvalue weighted by molar-refractivity contribution is -0.134. The summed E-state index contributed by atoms with van der Waals surface area (Å²) in [6.45, 7) is 4.23. The fraction of sp³-hybridized carbons (Fsp3) is 0.600. The number of nitrogens with one attached hydrogen (secondary N) is 1. The number of imidazole rings is 1. The second-order valence-corrected chi connectivity index (χ2v) is 7.78. The van der Waals surface area contributed by atoms with Crippen LogP contribution >= 0.6 is 0 Å². The molecule has 2 aliphatic heterocycles. The van der Waals surface area contributed by atoms with Crippen molar-refractivity contribution in [3.8, 4) is 0 Å². The molecule has 7 heteroatoms. The van der Waals surface area contributed by atoms with E-state index in [1.165, 1.54) is 12.8 Å². The van der Waals surface area contributed by atoms with E-state index >= 15 is 0 Å². The van der Waals surface area contributed by atoms with E-state index in [-0.39, 0.29) is 12.5 Å². The number of nitrogens with zero attached hydrogens (tertiary/aromatic N) is 3. The van der Waals surface area contributed by atoms with Crippen molar-refractivity contribution in [1.82, 2.24) is 19.8 Å². The van der Waals surface area contributed by atoms with E-state index in [1.54, 1.807) is 4.90 Å². The monoisotopic (exact) mass is 372 g/mol. The summed E-state index contributed by atoms with van der Waals surface area (Å²) in [5.41, 5.74) is 0.918. The Balaban J connectivity index is 1.36. The number of hydrogen-bond acceptors (Lipinski definition) is 5. The van der Waals surface area contributed by atoms with Crippen LogP contribution in [0.4, 0.5) is 0 Å². The zero-order valence-corrected chi connectivity index (χ0v) is 15.7. The van der Waals surface area contributed by atoms with Gasteiger partial charge in [0.2, 0.25) is 5.91 Å². The molecule has 1 amide bonds. The third-order valence-corrected chi connectivity index (χ3v) is 5.44. The van der Waals surface area contributed by atoms with E-state index in [0.29, 0.717) is 39.1 Å². The summed E-state index contributed by atoms with van der Waals surface area (Å²) in [6.07, 6.45) is 3.29. The number of para-hydroxylation sites is 2. The molecule has 0 saturated carbocycles. The molecule has 0 radical (unpaired) electrons. The number of carbonyl (C=O) groups excluding carboxylic acids is 1. The van der Waals surface area contributed by atoms with Gasteiger partial charge in [-0.15, -0.1) is 0 Å². The number of likely N-dealkylation sites (tertiary alicyclic amines) is 1. The Morgan fingerprint density at radius 1 is 1.26 bits per heavy atom. The number of carbonyl (C=O) groups is 1. The van der Waals surface area contributed by atoms with Crippen LogP contribution in [0.5, 0.6) is 0 Å². The standard InChI is InChI=1S/C20H28N4O3/c25-19(8-7-18-21-16-5-1-2-6-17(16)22-18)24-11-12-27-15-20(26,14-24)13-23-9-3-4-10-23/h1-2,5-6,26H,3-4,7-15H2,(H,21,22). The summed E-state index contributed by atoms with van der Waals surface area (Å²) in [5, 5.41) is 11.0. The second-order valence-electron chi connectivity index (χ2n) is 7.78. The van der Waals surface area contributed by atoms with Gasteiger partial charge in [0.1, 0.15) is 11.4 Å². The molecular formula is C20H28N4O3. The lowest BCUT2D eigenvalue weighted by atomic mass is 10.0. The average Bonchev–Trinajstić information content (AvgIpc) is 3.26. The van der Waals surface area contributed by atoms with Gasteiger partial charge in [-0.25, -0.2) is 4.98 Å². The van der Waals surface area contributed by atoms with E-state index in [9.17, 15) is 9.90 Å². The van der Waals surface area contributed by atoms with Gasteiger partial charge in [0.25, 0.3) is 0 Å². The number of fused-ring (bicyclic) bond motifs is 1. The first-order chi connectivity index (χ1) is 13.1. The van der Waals surface area contributed by atoms with Crippen molar-refractivity contribution in [2.24, 2.45) is 0 Å². The van der Waals surface area contributed by atoms with Crippen molar-refractivity contribution in [1.29, 1.82) is 0 Å². The number of ether oxygens (including phenoxy) is 1. The van der Waals surface area contributed by atoms with Gasteiger partial charge >= 0.3 is 0 Å². The summed E-state index contributed by atoms with van der Waals surface area (Å²) in [7, 11) is 0. The van der Waals surface area contributed by atoms with E-state index in [2.05, 4.69) is 14.9 Å². The first-order valence-corrected chi connectivity index (χ1v) is 9.85. The molecule has 7 nitrogen and oxygen atoms in total. The number of aromatic amines is 1. The summed E-state index contributed by atoms with van der Waals surface area (Å²) in [6, 6.07) is 7.87. The highest BCUT2D eigenvalue weighted by molar-refractivity contribution is 5.77. The van der Waals surface area contributed by atoms with E-state index in [1.807, 2.05) is 24.3 Å². The van der Waals surface area contributed by atoms with E-state index < -0.39 is 5.60 Å². The maximum Gasteiger partial charge on any atom is 0.223 e. The smallest absolute Gasteiger partial charge is 0.223 e. The van der Waals surface area contributed by atoms with Crippen LogP contribution in [-0.4, -0.2) is 82.3 Å². The number of β-amino-alcohol motifs (C(OH)–C–C–N with tert-alkyl or cyclic N) is 1. The van der Waals surface area contributed by atoms with Gasteiger partial charge < -0.3 is 24.6 Å². The Labute approximate surface area is 159 Å². The molecule has 27 heavy (non-hydrogen) atoms. The highest BCUT2D eigenvalue weighted by Crippen LogP contribution is 2.19. The van der Waals surface area contributed by atoms with Gasteiger partial charge in [-0.3, -0.25) is 4.79 Å². The Morgan fingerprint density at radius 3 is 2.89 bits per heavy atom. The Kier molecular flexibility index (Phi) is 5.43. The molecule has 2 aliphatic rings. The Morgan fingerprint density at radius 2 is 2.07 bits per heavy atom. The number of aliphatic hydroxyl groups is 1. The van der Waals surface area contributed by atoms with Crippen molar-refractivity contribution >= 4 is 16.9 Å². The second kappa shape index (κ2) is 7.96. The van der Waals surface area contributed by atoms with Crippen LogP contribution in [0.3, 0.4) is 0 Å². The number of aromatic nitrogens is 2. The molecule has 0 aliphatic carbocycles. The van der Waals surface area contributed by atoms with Gasteiger partial charge in [-0.2, -0.15) is 0 Å². The van der Waals surface area contributed by atoms with Crippen LogP contribution in [-0.2, 0) is 16.0 Å². The highest BCUT2D eigenvalue weighted by atomic mass is 16.5. The molecule has 2 N–H and O–H groups in total. The van der Waals surface area contributed by atoms with Crippen LogP contribution in [0.1, 0.15) is 25.1 Å². The van der Waals surface area contributed by atoms with Crippen LogP contribution in [0.15, 0.2) is 24.3 Å². The van der Waals surface area contributed by atoms with Crippen LogP contribution in [0.25, 0.3) is 11.0 Å². The number of benzene rings is 1. The van der Waals surface area contributed by atoms with Gasteiger partial charge in [0.05, 0.1) is 30.8 Å². The molecule has 1 atom stereocenters. The van der Waals surface area contributed by atoms with Crippen molar-refractivity contribution in [2.45, 2.75) is 31.3 Å². The summed E-state index contributed by atoms with van der Waals surface area (Å²) >= 11 is 0. The average molecular weight is 372 g/mol. The quantitative estimate of drug-likeness (QED) is 0.824. The van der Waals surface area contributed by atoms with Crippen LogP contribution < -0.4 is 0 Å². The number of amides is 1. The van der Waals surface area contributed by atoms with E-state index in [0.717, 1.165) is 29.9 Å². The molecule has 2 aromatic rings. The molecule has 3 heterocycles. The first-order valence-electron chi connectivity index (χ1n) is 9.85.